The van der Waals surface area contributed by atoms with E-state index in [4.69, 9.17) is 15.0 Å². The van der Waals surface area contributed by atoms with Crippen LogP contribution in [0.25, 0.3) is 132 Å². The van der Waals surface area contributed by atoms with Crippen molar-refractivity contribution in [3.05, 3.63) is 224 Å². The molecule has 0 amide bonds. The van der Waals surface area contributed by atoms with Gasteiger partial charge < -0.3 is 9.13 Å². The minimum Gasteiger partial charge on any atom is -0.309 e. The van der Waals surface area contributed by atoms with Crippen molar-refractivity contribution in [3.63, 3.8) is 0 Å². The lowest BCUT2D eigenvalue weighted by atomic mass is 9.93. The topological polar surface area (TPSA) is 48.5 Å². The molecule has 3 heterocycles. The number of hydrogen-bond donors (Lipinski definition) is 0. The molecule has 306 valence electrons. The van der Waals surface area contributed by atoms with Gasteiger partial charge in [-0.2, -0.15) is 0 Å². The molecular formula is C61H37N5. The highest BCUT2D eigenvalue weighted by atomic mass is 15.0. The summed E-state index contributed by atoms with van der Waals surface area (Å²) >= 11 is 0. The molecule has 5 nitrogen and oxygen atoms in total. The molecule has 0 atom stereocenters. The Morgan fingerprint density at radius 1 is 0.273 bits per heavy atom. The Bertz CT molecular complexity index is 4160. The van der Waals surface area contributed by atoms with Gasteiger partial charge in [-0.25, -0.2) is 15.0 Å². The van der Waals surface area contributed by atoms with Gasteiger partial charge in [0, 0.05) is 54.7 Å². The van der Waals surface area contributed by atoms with Gasteiger partial charge in [-0.3, -0.25) is 0 Å². The van der Waals surface area contributed by atoms with Gasteiger partial charge in [0.25, 0.3) is 0 Å². The Kier molecular flexibility index (Phi) is 7.91. The third-order valence-electron chi connectivity index (χ3n) is 13.5. The van der Waals surface area contributed by atoms with E-state index >= 15 is 0 Å². The Hall–Kier alpha value is -8.93. The van der Waals surface area contributed by atoms with Gasteiger partial charge >= 0.3 is 0 Å². The van der Waals surface area contributed by atoms with E-state index in [-0.39, 0.29) is 0 Å². The van der Waals surface area contributed by atoms with Crippen LogP contribution in [-0.4, -0.2) is 24.1 Å². The lowest BCUT2D eigenvalue weighted by Crippen LogP contribution is -2.03. The summed E-state index contributed by atoms with van der Waals surface area (Å²) in [6.45, 7) is 0. The fourth-order valence-electron chi connectivity index (χ4n) is 10.6. The van der Waals surface area contributed by atoms with Crippen LogP contribution in [0, 0.1) is 0 Å². The van der Waals surface area contributed by atoms with Crippen LogP contribution in [0.15, 0.2) is 224 Å². The van der Waals surface area contributed by atoms with Crippen LogP contribution in [-0.2, 0) is 0 Å². The van der Waals surface area contributed by atoms with Gasteiger partial charge in [-0.05, 0) is 68.7 Å². The number of hydrogen-bond acceptors (Lipinski definition) is 3. The molecule has 0 radical (unpaired) electrons. The highest BCUT2D eigenvalue weighted by Crippen LogP contribution is 2.46. The molecule has 0 aliphatic rings. The number of para-hydroxylation sites is 1. The molecule has 14 rings (SSSR count). The monoisotopic (exact) mass is 839 g/mol. The van der Waals surface area contributed by atoms with E-state index in [2.05, 4.69) is 197 Å². The highest BCUT2D eigenvalue weighted by molar-refractivity contribution is 6.26. The normalized spacial score (nSPS) is 11.9. The summed E-state index contributed by atoms with van der Waals surface area (Å²) in [7, 11) is 0. The molecule has 0 spiro atoms. The maximum absolute atomic E-state index is 5.29. The molecule has 0 unspecified atom stereocenters. The predicted octanol–water partition coefficient (Wildman–Crippen LogP) is 15.7. The Balaban J connectivity index is 1.11. The zero-order valence-corrected chi connectivity index (χ0v) is 35.6. The first kappa shape index (κ1) is 36.5. The first-order chi connectivity index (χ1) is 32.7. The summed E-state index contributed by atoms with van der Waals surface area (Å²) in [5.41, 5.74) is 9.74. The van der Waals surface area contributed by atoms with Gasteiger partial charge in [-0.15, -0.1) is 0 Å². The minimum absolute atomic E-state index is 0.637. The van der Waals surface area contributed by atoms with E-state index < -0.39 is 0 Å². The van der Waals surface area contributed by atoms with Crippen molar-refractivity contribution >= 4 is 86.7 Å². The molecule has 0 N–H and O–H groups in total. The van der Waals surface area contributed by atoms with Gasteiger partial charge in [0.1, 0.15) is 0 Å². The van der Waals surface area contributed by atoms with Crippen LogP contribution in [0.1, 0.15) is 0 Å². The minimum atomic E-state index is 0.637. The van der Waals surface area contributed by atoms with Crippen molar-refractivity contribution in [1.29, 1.82) is 0 Å². The smallest absolute Gasteiger partial charge is 0.165 e. The van der Waals surface area contributed by atoms with Gasteiger partial charge in [0.05, 0.1) is 27.8 Å². The average Bonchev–Trinajstić information content (AvgIpc) is 3.89. The molecule has 0 bridgehead atoms. The second-order valence-electron chi connectivity index (χ2n) is 17.1. The predicted molar refractivity (Wildman–Crippen MR) is 275 cm³/mol. The standard InChI is InChI=1S/C61H37N5/c1-3-19-40(20-4-1)59-62-60(41-21-5-2-6-22-41)64-61(63-59)57-46-26-11-13-28-48(46)58(49-29-14-12-27-47(49)57)66-52-30-16-15-25-45(52)50-36-51-55(37-54(50)66)65(43-33-31-38-17-7-8-23-42(38)35-43)53-34-32-39-18-9-10-24-44(39)56(51)53/h1-37H. The molecule has 66 heavy (non-hydrogen) atoms. The van der Waals surface area contributed by atoms with Crippen molar-refractivity contribution in [3.8, 4) is 45.5 Å². The van der Waals surface area contributed by atoms with Gasteiger partial charge in [0.15, 0.2) is 17.5 Å². The molecule has 0 aliphatic carbocycles. The summed E-state index contributed by atoms with van der Waals surface area (Å²) in [6, 6.07) is 80.5. The van der Waals surface area contributed by atoms with Crippen molar-refractivity contribution in [2.75, 3.05) is 0 Å². The number of benzene rings is 11. The fraction of sp³-hybridized carbons (Fsp3) is 0. The van der Waals surface area contributed by atoms with E-state index in [9.17, 15) is 0 Å². The second kappa shape index (κ2) is 14.3. The molecule has 0 aliphatic heterocycles. The third kappa shape index (κ3) is 5.44. The maximum Gasteiger partial charge on any atom is 0.165 e. The third-order valence-corrected chi connectivity index (χ3v) is 13.5. The zero-order valence-electron chi connectivity index (χ0n) is 35.6. The summed E-state index contributed by atoms with van der Waals surface area (Å²) in [5, 5.41) is 14.2. The Morgan fingerprint density at radius 2 is 0.788 bits per heavy atom. The summed E-state index contributed by atoms with van der Waals surface area (Å²) in [4.78, 5) is 15.6. The first-order valence-electron chi connectivity index (χ1n) is 22.4. The number of rotatable bonds is 5. The van der Waals surface area contributed by atoms with Crippen LogP contribution >= 0.6 is 0 Å². The largest absolute Gasteiger partial charge is 0.309 e. The van der Waals surface area contributed by atoms with E-state index in [0.717, 1.165) is 66.2 Å². The summed E-state index contributed by atoms with van der Waals surface area (Å²) in [6.07, 6.45) is 0. The Morgan fingerprint density at radius 3 is 1.47 bits per heavy atom. The molecule has 5 heteroatoms. The zero-order chi connectivity index (χ0) is 43.3. The molecule has 11 aromatic carbocycles. The molecule has 0 saturated carbocycles. The van der Waals surface area contributed by atoms with Crippen LogP contribution in [0.4, 0.5) is 0 Å². The number of fused-ring (bicyclic) bond motifs is 11. The SMILES string of the molecule is c1ccc(-c2nc(-c3ccccc3)nc(-c3c4ccccc4c(-n4c5ccccc5c5cc6c7c8ccccc8ccc7n(-c7ccc8ccccc8c7)c6cc54)c4ccccc34)n2)cc1. The quantitative estimate of drug-likeness (QED) is 0.162. The van der Waals surface area contributed by atoms with Crippen molar-refractivity contribution in [1.82, 2.24) is 24.1 Å². The van der Waals surface area contributed by atoms with E-state index in [1.807, 2.05) is 36.4 Å². The maximum atomic E-state index is 5.29. The molecule has 14 aromatic rings. The van der Waals surface area contributed by atoms with Crippen molar-refractivity contribution in [2.45, 2.75) is 0 Å². The average molecular weight is 840 g/mol. The molecule has 0 fully saturated rings. The van der Waals surface area contributed by atoms with E-state index in [1.165, 1.54) is 48.6 Å². The molecular weight excluding hydrogens is 803 g/mol. The highest BCUT2D eigenvalue weighted by Gasteiger charge is 2.25. The van der Waals surface area contributed by atoms with Crippen LogP contribution < -0.4 is 0 Å². The Labute approximate surface area is 379 Å². The summed E-state index contributed by atoms with van der Waals surface area (Å²) in [5.74, 6) is 1.91. The van der Waals surface area contributed by atoms with Gasteiger partial charge in [0.2, 0.25) is 0 Å². The van der Waals surface area contributed by atoms with Crippen LogP contribution in [0.3, 0.4) is 0 Å². The number of nitrogens with zero attached hydrogens (tertiary/aromatic N) is 5. The van der Waals surface area contributed by atoms with E-state index in [0.29, 0.717) is 17.5 Å². The van der Waals surface area contributed by atoms with E-state index in [1.54, 1.807) is 0 Å². The lowest BCUT2D eigenvalue weighted by Gasteiger charge is -2.19. The van der Waals surface area contributed by atoms with Crippen LogP contribution in [0.5, 0.6) is 0 Å². The summed E-state index contributed by atoms with van der Waals surface area (Å²) < 4.78 is 4.98. The van der Waals surface area contributed by atoms with Crippen molar-refractivity contribution < 1.29 is 0 Å². The fourth-order valence-corrected chi connectivity index (χ4v) is 10.6. The molecule has 3 aromatic heterocycles. The lowest BCUT2D eigenvalue weighted by molar-refractivity contribution is 1.08. The first-order valence-corrected chi connectivity index (χ1v) is 22.4. The molecule has 0 saturated heterocycles. The van der Waals surface area contributed by atoms with Crippen molar-refractivity contribution in [2.24, 2.45) is 0 Å². The second-order valence-corrected chi connectivity index (χ2v) is 17.1. The number of aromatic nitrogens is 5. The van der Waals surface area contributed by atoms with Crippen LogP contribution in [0.2, 0.25) is 0 Å². The van der Waals surface area contributed by atoms with Gasteiger partial charge in [-0.1, -0.05) is 188 Å².